The Hall–Kier alpha value is -0.650. The summed E-state index contributed by atoms with van der Waals surface area (Å²) < 4.78 is 58.8. The number of piperidine rings is 1. The molecular weight excluding hydrogens is 566 g/mol. The number of rotatable bonds is 11. The van der Waals surface area contributed by atoms with Gasteiger partial charge in [-0.1, -0.05) is 13.3 Å². The van der Waals surface area contributed by atoms with Crippen molar-refractivity contribution in [3.63, 3.8) is 0 Å². The summed E-state index contributed by atoms with van der Waals surface area (Å²) in [6.07, 6.45) is -19.5. The SMILES string of the molecule is CCCCN1C[C@H](O)[C@@H](O[C@@H]2O[C@H](CO)[C@H](O)[C@H](OS(=O)(=O)O)[C@H]2O)[C@H](O[C@@H]2O[C@@H](C)[C@@H](O)[C@@H](O)[C@@H]2O)[C@H]1CO. The molecule has 3 fully saturated rings. The summed E-state index contributed by atoms with van der Waals surface area (Å²) >= 11 is 0. The van der Waals surface area contributed by atoms with Crippen LogP contribution in [0.25, 0.3) is 0 Å². The maximum absolute atomic E-state index is 11.3. The number of β-amino-alcohol motifs (C(OH)–C–C–N with tert-alkyl or cyclic N) is 1. The van der Waals surface area contributed by atoms with Crippen LogP contribution in [-0.2, 0) is 33.5 Å². The molecule has 0 unspecified atom stereocenters. The van der Waals surface area contributed by atoms with Crippen LogP contribution in [0.4, 0.5) is 0 Å². The van der Waals surface area contributed by atoms with Crippen LogP contribution in [-0.4, -0.2) is 171 Å². The van der Waals surface area contributed by atoms with Crippen LogP contribution in [0.2, 0.25) is 0 Å². The van der Waals surface area contributed by atoms with Crippen LogP contribution in [0.3, 0.4) is 0 Å². The van der Waals surface area contributed by atoms with Crippen molar-refractivity contribution in [1.82, 2.24) is 4.90 Å². The first-order valence-corrected chi connectivity index (χ1v) is 14.4. The van der Waals surface area contributed by atoms with E-state index in [0.29, 0.717) is 13.0 Å². The van der Waals surface area contributed by atoms with Gasteiger partial charge in [-0.2, -0.15) is 8.42 Å². The van der Waals surface area contributed by atoms with Crippen LogP contribution >= 0.6 is 0 Å². The minimum atomic E-state index is -5.18. The summed E-state index contributed by atoms with van der Waals surface area (Å²) in [6, 6.07) is -0.889. The third-order valence-electron chi connectivity index (χ3n) is 7.40. The smallest absolute Gasteiger partial charge is 0.395 e. The zero-order valence-corrected chi connectivity index (χ0v) is 22.9. The third kappa shape index (κ3) is 7.64. The Morgan fingerprint density at radius 2 is 1.45 bits per heavy atom. The van der Waals surface area contributed by atoms with Gasteiger partial charge in [0.25, 0.3) is 0 Å². The molecule has 0 aromatic rings. The van der Waals surface area contributed by atoms with Gasteiger partial charge in [0.2, 0.25) is 0 Å². The van der Waals surface area contributed by atoms with Crippen molar-refractivity contribution in [1.29, 1.82) is 0 Å². The monoisotopic (exact) mass is 607 g/mol. The first kappa shape index (κ1) is 33.8. The molecule has 3 aliphatic rings. The first-order chi connectivity index (χ1) is 18.7. The summed E-state index contributed by atoms with van der Waals surface area (Å²) in [5.41, 5.74) is 0. The average molecular weight is 608 g/mol. The first-order valence-electron chi connectivity index (χ1n) is 13.1. The Morgan fingerprint density at radius 1 is 0.825 bits per heavy atom. The molecule has 14 atom stereocenters. The zero-order valence-electron chi connectivity index (χ0n) is 22.1. The van der Waals surface area contributed by atoms with Gasteiger partial charge < -0.3 is 59.8 Å². The Labute approximate surface area is 231 Å². The highest BCUT2D eigenvalue weighted by molar-refractivity contribution is 7.80. The Balaban J connectivity index is 1.92. The predicted octanol–water partition coefficient (Wildman–Crippen LogP) is -4.95. The number of hydrogen-bond donors (Lipinski definition) is 9. The largest absolute Gasteiger partial charge is 0.397 e. The minimum absolute atomic E-state index is 0.0542. The van der Waals surface area contributed by atoms with E-state index in [2.05, 4.69) is 4.18 Å². The van der Waals surface area contributed by atoms with Gasteiger partial charge in [0.05, 0.1) is 31.5 Å². The molecule has 0 saturated carbocycles. The molecule has 40 heavy (non-hydrogen) atoms. The lowest BCUT2D eigenvalue weighted by molar-refractivity contribution is -0.354. The second-order valence-electron chi connectivity index (χ2n) is 10.2. The molecule has 0 aliphatic carbocycles. The second-order valence-corrected chi connectivity index (χ2v) is 11.3. The van der Waals surface area contributed by atoms with Gasteiger partial charge in [-0.15, -0.1) is 0 Å². The lowest BCUT2D eigenvalue weighted by atomic mass is 9.92. The number of aliphatic hydroxyl groups is 8. The van der Waals surface area contributed by atoms with Gasteiger partial charge in [0, 0.05) is 6.54 Å². The molecule has 0 aromatic carbocycles. The normalized spacial score (nSPS) is 45.5. The second kappa shape index (κ2) is 14.2. The van der Waals surface area contributed by atoms with E-state index in [0.717, 1.165) is 6.42 Å². The van der Waals surface area contributed by atoms with E-state index in [1.165, 1.54) is 6.92 Å². The quantitative estimate of drug-likeness (QED) is 0.0996. The fraction of sp³-hybridized carbons (Fsp3) is 1.00. The highest BCUT2D eigenvalue weighted by Crippen LogP contribution is 2.33. The third-order valence-corrected chi connectivity index (χ3v) is 7.87. The minimum Gasteiger partial charge on any atom is -0.395 e. The van der Waals surface area contributed by atoms with Crippen LogP contribution < -0.4 is 0 Å². The van der Waals surface area contributed by atoms with E-state index >= 15 is 0 Å². The Morgan fingerprint density at radius 3 is 2.02 bits per heavy atom. The van der Waals surface area contributed by atoms with E-state index in [4.69, 9.17) is 23.5 Å². The molecule has 3 rings (SSSR count). The van der Waals surface area contributed by atoms with Crippen LogP contribution in [0.1, 0.15) is 26.7 Å². The van der Waals surface area contributed by atoms with Crippen molar-refractivity contribution in [3.8, 4) is 0 Å². The topological polar surface area (TPSA) is 266 Å². The molecule has 17 nitrogen and oxygen atoms in total. The van der Waals surface area contributed by atoms with E-state index in [-0.39, 0.29) is 6.54 Å². The number of hydrogen-bond acceptors (Lipinski definition) is 16. The molecule has 3 heterocycles. The van der Waals surface area contributed by atoms with Crippen molar-refractivity contribution < 1.29 is 77.0 Å². The number of unbranched alkanes of at least 4 members (excludes halogenated alkanes) is 1. The molecule has 0 spiro atoms. The standard InChI is InChI=1S/C22H41NO16S/c1-3-4-5-23-6-11(26)19(18(10(23)7-24)37-21-16(30)15(29)13(27)9(2)35-21)38-22-17(31)20(39-40(32,33)34)14(28)12(8-25)36-22/h9-22,24-31H,3-8H2,1-2H3,(H,32,33,34)/t9-,10+,11-,12+,13+,14-,15+,16-,17+,18+,19+,20-,21-,22-/m0/s1. The molecule has 0 amide bonds. The lowest BCUT2D eigenvalue weighted by Crippen LogP contribution is -2.68. The van der Waals surface area contributed by atoms with Gasteiger partial charge in [-0.05, 0) is 19.9 Å². The van der Waals surface area contributed by atoms with Crippen molar-refractivity contribution in [3.05, 3.63) is 0 Å². The maximum atomic E-state index is 11.3. The van der Waals surface area contributed by atoms with Gasteiger partial charge >= 0.3 is 10.4 Å². The average Bonchev–Trinajstić information content (AvgIpc) is 2.89. The van der Waals surface area contributed by atoms with E-state index in [9.17, 15) is 49.3 Å². The summed E-state index contributed by atoms with van der Waals surface area (Å²) in [6.45, 7) is 2.32. The highest BCUT2D eigenvalue weighted by Gasteiger charge is 2.53. The van der Waals surface area contributed by atoms with Crippen LogP contribution in [0.15, 0.2) is 0 Å². The van der Waals surface area contributed by atoms with E-state index in [1.807, 2.05) is 6.92 Å². The maximum Gasteiger partial charge on any atom is 0.397 e. The molecule has 9 N–H and O–H groups in total. The van der Waals surface area contributed by atoms with Crippen molar-refractivity contribution in [2.75, 3.05) is 26.3 Å². The number of ether oxygens (including phenoxy) is 4. The molecule has 3 aliphatic heterocycles. The van der Waals surface area contributed by atoms with Crippen LogP contribution in [0.5, 0.6) is 0 Å². The Bertz CT molecular complexity index is 898. The van der Waals surface area contributed by atoms with Crippen molar-refractivity contribution in [2.24, 2.45) is 0 Å². The van der Waals surface area contributed by atoms with Crippen LogP contribution in [0, 0.1) is 0 Å². The summed E-state index contributed by atoms with van der Waals surface area (Å²) in [7, 11) is -5.18. The van der Waals surface area contributed by atoms with E-state index < -0.39 is 109 Å². The van der Waals surface area contributed by atoms with Gasteiger partial charge in [-0.25, -0.2) is 4.18 Å². The Kier molecular flexibility index (Phi) is 12.0. The molecule has 0 aromatic heterocycles. The summed E-state index contributed by atoms with van der Waals surface area (Å²) in [5.74, 6) is 0. The molecule has 236 valence electrons. The number of nitrogens with zero attached hydrogens (tertiary/aromatic N) is 1. The lowest BCUT2D eigenvalue weighted by Gasteiger charge is -2.50. The number of aliphatic hydroxyl groups excluding tert-OH is 8. The van der Waals surface area contributed by atoms with Crippen molar-refractivity contribution >= 4 is 10.4 Å². The van der Waals surface area contributed by atoms with Gasteiger partial charge in [0.15, 0.2) is 12.6 Å². The van der Waals surface area contributed by atoms with Gasteiger partial charge in [0.1, 0.15) is 54.9 Å². The molecule has 0 radical (unpaired) electrons. The fourth-order valence-corrected chi connectivity index (χ4v) is 5.66. The molecule has 3 saturated heterocycles. The van der Waals surface area contributed by atoms with E-state index in [1.54, 1.807) is 4.90 Å². The predicted molar refractivity (Wildman–Crippen MR) is 130 cm³/mol. The molecule has 18 heteroatoms. The highest BCUT2D eigenvalue weighted by atomic mass is 32.3. The zero-order chi connectivity index (χ0) is 29.9. The summed E-state index contributed by atoms with van der Waals surface area (Å²) in [5, 5.41) is 82.8. The molecular formula is C22H41NO16S. The molecule has 0 bridgehead atoms. The summed E-state index contributed by atoms with van der Waals surface area (Å²) in [4.78, 5) is 1.71. The van der Waals surface area contributed by atoms with Gasteiger partial charge in [-0.3, -0.25) is 9.45 Å². The van der Waals surface area contributed by atoms with Crippen molar-refractivity contribution in [2.45, 2.75) is 112 Å². The fourth-order valence-electron chi connectivity index (χ4n) is 5.15. The number of likely N-dealkylation sites (tertiary alicyclic amines) is 1.